The maximum Gasteiger partial charge on any atom is 0.223 e. The van der Waals surface area contributed by atoms with Gasteiger partial charge >= 0.3 is 0 Å². The Labute approximate surface area is 210 Å². The van der Waals surface area contributed by atoms with Gasteiger partial charge < -0.3 is 19.7 Å². The largest absolute Gasteiger partial charge is 0.493 e. The Kier molecular flexibility index (Phi) is 7.73. The number of amides is 1. The number of unbranched alkanes of at least 4 members (excludes halogenated alkanes) is 5. The summed E-state index contributed by atoms with van der Waals surface area (Å²) in [6.07, 6.45) is 12.2. The van der Waals surface area contributed by atoms with Gasteiger partial charge in [-0.1, -0.05) is 83.2 Å². The average Bonchev–Trinajstić information content (AvgIpc) is 3.06. The number of ether oxygens (including phenoxy) is 2. The number of para-hydroxylation sites is 1. The van der Waals surface area contributed by atoms with E-state index in [1.807, 2.05) is 12.1 Å². The van der Waals surface area contributed by atoms with Gasteiger partial charge in [0, 0.05) is 24.1 Å². The summed E-state index contributed by atoms with van der Waals surface area (Å²) in [5, 5.41) is 3.34. The third-order valence-electron chi connectivity index (χ3n) is 7.60. The first-order valence-corrected chi connectivity index (χ1v) is 13.1. The van der Waals surface area contributed by atoms with Gasteiger partial charge in [-0.15, -0.1) is 0 Å². The standard InChI is InChI=1S/C30H40N2O3/c1-5-6-7-8-9-12-21-35-26-16-15-23(22-27(26)34-4)17-19-30-29(2,3)24-13-10-11-14-25(24)32(30)20-18-28(33)31-30/h10-11,13-17,19,22H,5-9,12,18,20-21H2,1-4H3,(H,31,33). The minimum absolute atomic E-state index is 0.0859. The summed E-state index contributed by atoms with van der Waals surface area (Å²) in [4.78, 5) is 14.9. The van der Waals surface area contributed by atoms with Gasteiger partial charge in [0.2, 0.25) is 5.91 Å². The second-order valence-corrected chi connectivity index (χ2v) is 10.2. The molecule has 2 aromatic carbocycles. The number of hydrogen-bond donors (Lipinski definition) is 1. The molecule has 5 nitrogen and oxygen atoms in total. The zero-order chi connectivity index (χ0) is 24.9. The SMILES string of the molecule is CCCCCCCCOc1ccc(C=CC23NC(=O)CCN2c2ccccc2C3(C)C)cc1OC. The van der Waals surface area contributed by atoms with Gasteiger partial charge in [-0.2, -0.15) is 0 Å². The third-order valence-corrected chi connectivity index (χ3v) is 7.60. The van der Waals surface area contributed by atoms with Crippen LogP contribution in [0.15, 0.2) is 48.5 Å². The fourth-order valence-corrected chi connectivity index (χ4v) is 5.51. The highest BCUT2D eigenvalue weighted by molar-refractivity contribution is 5.84. The smallest absolute Gasteiger partial charge is 0.223 e. The highest BCUT2D eigenvalue weighted by atomic mass is 16.5. The molecule has 2 heterocycles. The van der Waals surface area contributed by atoms with Crippen LogP contribution in [0.5, 0.6) is 11.5 Å². The highest BCUT2D eigenvalue weighted by Crippen LogP contribution is 2.52. The fourth-order valence-electron chi connectivity index (χ4n) is 5.51. The molecule has 1 saturated heterocycles. The van der Waals surface area contributed by atoms with Gasteiger partial charge in [0.05, 0.1) is 13.7 Å². The minimum Gasteiger partial charge on any atom is -0.493 e. The number of nitrogens with one attached hydrogen (secondary N) is 1. The van der Waals surface area contributed by atoms with E-state index >= 15 is 0 Å². The Morgan fingerprint density at radius 2 is 1.80 bits per heavy atom. The topological polar surface area (TPSA) is 50.8 Å². The number of fused-ring (bicyclic) bond motifs is 3. The zero-order valence-electron chi connectivity index (χ0n) is 21.7. The third kappa shape index (κ3) is 4.91. The van der Waals surface area contributed by atoms with Crippen molar-refractivity contribution in [1.29, 1.82) is 0 Å². The summed E-state index contributed by atoms with van der Waals surface area (Å²) >= 11 is 0. The Balaban J connectivity index is 1.51. The number of anilines is 1. The van der Waals surface area contributed by atoms with E-state index in [1.165, 1.54) is 43.4 Å². The second-order valence-electron chi connectivity index (χ2n) is 10.2. The van der Waals surface area contributed by atoms with Crippen LogP contribution < -0.4 is 19.7 Å². The molecular formula is C30H40N2O3. The molecule has 2 aromatic rings. The number of benzene rings is 2. The van der Waals surface area contributed by atoms with Crippen molar-refractivity contribution in [3.05, 3.63) is 59.7 Å². The second kappa shape index (κ2) is 10.8. The van der Waals surface area contributed by atoms with Gasteiger partial charge in [0.1, 0.15) is 5.66 Å². The van der Waals surface area contributed by atoms with Crippen molar-refractivity contribution < 1.29 is 14.3 Å². The average molecular weight is 477 g/mol. The molecule has 0 saturated carbocycles. The number of carbonyl (C=O) groups excluding carboxylic acids is 1. The normalized spacial score (nSPS) is 20.5. The summed E-state index contributed by atoms with van der Waals surface area (Å²) in [6.45, 7) is 8.06. The lowest BCUT2D eigenvalue weighted by atomic mass is 9.74. The molecule has 1 atom stereocenters. The molecule has 188 valence electrons. The van der Waals surface area contributed by atoms with Gasteiger partial charge in [-0.05, 0) is 41.8 Å². The van der Waals surface area contributed by atoms with Crippen LogP contribution in [-0.2, 0) is 10.2 Å². The number of methoxy groups -OCH3 is 1. The maximum atomic E-state index is 12.6. The monoisotopic (exact) mass is 476 g/mol. The first-order valence-electron chi connectivity index (χ1n) is 13.1. The number of rotatable bonds is 11. The zero-order valence-corrected chi connectivity index (χ0v) is 21.7. The van der Waals surface area contributed by atoms with E-state index in [9.17, 15) is 4.79 Å². The molecule has 35 heavy (non-hydrogen) atoms. The van der Waals surface area contributed by atoms with Crippen molar-refractivity contribution in [2.75, 3.05) is 25.2 Å². The first kappa shape index (κ1) is 25.2. The lowest BCUT2D eigenvalue weighted by Crippen LogP contribution is -2.68. The molecule has 4 rings (SSSR count). The first-order chi connectivity index (χ1) is 16.9. The number of hydrogen-bond acceptors (Lipinski definition) is 4. The van der Waals surface area contributed by atoms with Crippen LogP contribution in [0, 0.1) is 0 Å². The maximum absolute atomic E-state index is 12.6. The van der Waals surface area contributed by atoms with E-state index in [4.69, 9.17) is 9.47 Å². The van der Waals surface area contributed by atoms with Crippen molar-refractivity contribution >= 4 is 17.7 Å². The van der Waals surface area contributed by atoms with Crippen LogP contribution in [-0.4, -0.2) is 31.8 Å². The van der Waals surface area contributed by atoms with Crippen molar-refractivity contribution in [2.24, 2.45) is 0 Å². The summed E-state index contributed by atoms with van der Waals surface area (Å²) < 4.78 is 11.7. The number of nitrogens with zero attached hydrogens (tertiary/aromatic N) is 1. The molecule has 0 bridgehead atoms. The summed E-state index contributed by atoms with van der Waals surface area (Å²) in [5.74, 6) is 1.59. The fraction of sp³-hybridized carbons (Fsp3) is 0.500. The van der Waals surface area contributed by atoms with E-state index < -0.39 is 5.66 Å². The molecule has 0 spiro atoms. The van der Waals surface area contributed by atoms with Crippen molar-refractivity contribution in [2.45, 2.75) is 76.8 Å². The van der Waals surface area contributed by atoms with Gasteiger partial charge in [-0.3, -0.25) is 4.79 Å². The minimum atomic E-state index is -0.619. The molecule has 1 amide bonds. The Hall–Kier alpha value is -2.95. The van der Waals surface area contributed by atoms with Gasteiger partial charge in [0.15, 0.2) is 11.5 Å². The predicted octanol–water partition coefficient (Wildman–Crippen LogP) is 6.46. The van der Waals surface area contributed by atoms with Crippen molar-refractivity contribution in [3.8, 4) is 11.5 Å². The highest BCUT2D eigenvalue weighted by Gasteiger charge is 2.57. The van der Waals surface area contributed by atoms with Crippen LogP contribution in [0.2, 0.25) is 0 Å². The van der Waals surface area contributed by atoms with Crippen molar-refractivity contribution in [3.63, 3.8) is 0 Å². The number of carbonyl (C=O) groups is 1. The molecule has 2 aliphatic heterocycles. The Morgan fingerprint density at radius 1 is 1.03 bits per heavy atom. The van der Waals surface area contributed by atoms with E-state index in [0.29, 0.717) is 19.6 Å². The lowest BCUT2D eigenvalue weighted by Gasteiger charge is -2.49. The van der Waals surface area contributed by atoms with Crippen LogP contribution in [0.3, 0.4) is 0 Å². The molecule has 0 aliphatic carbocycles. The molecule has 1 fully saturated rings. The summed E-state index contributed by atoms with van der Waals surface area (Å²) in [7, 11) is 1.68. The van der Waals surface area contributed by atoms with Crippen LogP contribution in [0.4, 0.5) is 5.69 Å². The van der Waals surface area contributed by atoms with E-state index in [0.717, 1.165) is 23.5 Å². The van der Waals surface area contributed by atoms with E-state index in [2.05, 4.69) is 73.5 Å². The quantitative estimate of drug-likeness (QED) is 0.378. The Morgan fingerprint density at radius 3 is 2.60 bits per heavy atom. The van der Waals surface area contributed by atoms with E-state index in [1.54, 1.807) is 7.11 Å². The molecule has 1 unspecified atom stereocenters. The van der Waals surface area contributed by atoms with Gasteiger partial charge in [-0.25, -0.2) is 0 Å². The molecular weight excluding hydrogens is 436 g/mol. The van der Waals surface area contributed by atoms with Crippen molar-refractivity contribution in [1.82, 2.24) is 5.32 Å². The lowest BCUT2D eigenvalue weighted by molar-refractivity contribution is -0.124. The molecule has 1 N–H and O–H groups in total. The Bertz CT molecular complexity index is 1060. The molecule has 2 aliphatic rings. The van der Waals surface area contributed by atoms with Crippen LogP contribution in [0.25, 0.3) is 6.08 Å². The molecule has 5 heteroatoms. The molecule has 0 radical (unpaired) electrons. The van der Waals surface area contributed by atoms with Crippen LogP contribution in [0.1, 0.15) is 76.8 Å². The van der Waals surface area contributed by atoms with Crippen LogP contribution >= 0.6 is 0 Å². The van der Waals surface area contributed by atoms with Gasteiger partial charge in [0.25, 0.3) is 0 Å². The summed E-state index contributed by atoms with van der Waals surface area (Å²) in [5.41, 5.74) is 2.54. The molecule has 0 aromatic heterocycles. The summed E-state index contributed by atoms with van der Waals surface area (Å²) in [6, 6.07) is 14.5. The predicted molar refractivity (Wildman–Crippen MR) is 143 cm³/mol. The van der Waals surface area contributed by atoms with E-state index in [-0.39, 0.29) is 11.3 Å².